The maximum atomic E-state index is 10.2. The third-order valence-electron chi connectivity index (χ3n) is 6.32. The molecule has 0 spiro atoms. The smallest absolute Gasteiger partial charge is 0.191 e. The second-order valence-corrected chi connectivity index (χ2v) is 7.53. The molecule has 6 nitrogen and oxygen atoms in total. The number of rotatable bonds is 4. The molecule has 3 rings (SSSR count). The average molecular weight is 388 g/mol. The van der Waals surface area contributed by atoms with E-state index in [0.29, 0.717) is 23.0 Å². The van der Waals surface area contributed by atoms with Gasteiger partial charge in [0.05, 0.1) is 37.6 Å². The molecule has 0 fully saturated rings. The van der Waals surface area contributed by atoms with Gasteiger partial charge in [0.2, 0.25) is 0 Å². The molecular weight excluding hydrogens is 364 g/mol. The van der Waals surface area contributed by atoms with Crippen molar-refractivity contribution in [2.45, 2.75) is 32.1 Å². The molecule has 2 aliphatic carbocycles. The first kappa shape index (κ1) is 20.3. The van der Waals surface area contributed by atoms with Gasteiger partial charge in [-0.15, -0.1) is 0 Å². The van der Waals surface area contributed by atoms with Gasteiger partial charge in [-0.3, -0.25) is 0 Å². The summed E-state index contributed by atoms with van der Waals surface area (Å²) in [6.07, 6.45) is 4.67. The van der Waals surface area contributed by atoms with Gasteiger partial charge in [-0.25, -0.2) is 0 Å². The van der Waals surface area contributed by atoms with Crippen molar-refractivity contribution in [2.24, 2.45) is 23.0 Å². The van der Waals surface area contributed by atoms with Gasteiger partial charge in [0.25, 0.3) is 0 Å². The van der Waals surface area contributed by atoms with Crippen LogP contribution >= 0.6 is 0 Å². The highest BCUT2D eigenvalue weighted by atomic mass is 16.5. The molecule has 2 aliphatic rings. The van der Waals surface area contributed by atoms with Gasteiger partial charge in [0.1, 0.15) is 17.6 Å². The van der Waals surface area contributed by atoms with E-state index in [0.717, 1.165) is 24.8 Å². The van der Waals surface area contributed by atoms with Crippen LogP contribution in [0.3, 0.4) is 0 Å². The zero-order chi connectivity index (χ0) is 21.2. The lowest BCUT2D eigenvalue weighted by atomic mass is 9.55. The van der Waals surface area contributed by atoms with Crippen LogP contribution in [0.1, 0.15) is 37.7 Å². The summed E-state index contributed by atoms with van der Waals surface area (Å²) >= 11 is 0. The number of nitrogens with zero attached hydrogens (tertiary/aromatic N) is 3. The Hall–Kier alpha value is -3.43. The number of hydrogen-bond acceptors (Lipinski definition) is 6. The number of fused-ring (bicyclic) bond motifs is 1. The Morgan fingerprint density at radius 3 is 2.45 bits per heavy atom. The van der Waals surface area contributed by atoms with Crippen molar-refractivity contribution >= 4 is 0 Å². The summed E-state index contributed by atoms with van der Waals surface area (Å²) in [6, 6.07) is 11.9. The topological polar surface area (TPSA) is 116 Å². The van der Waals surface area contributed by atoms with Crippen LogP contribution in [0.4, 0.5) is 0 Å². The molecule has 0 heterocycles. The van der Waals surface area contributed by atoms with Crippen LogP contribution in [0.15, 0.2) is 41.1 Å². The average Bonchev–Trinajstić information content (AvgIpc) is 2.77. The molecule has 1 aromatic rings. The van der Waals surface area contributed by atoms with E-state index in [9.17, 15) is 15.8 Å². The summed E-state index contributed by atoms with van der Waals surface area (Å²) < 4.78 is 11.0. The third kappa shape index (κ3) is 3.00. The van der Waals surface area contributed by atoms with Gasteiger partial charge < -0.3 is 15.2 Å². The number of hydrogen-bond donors (Lipinski definition) is 1. The minimum atomic E-state index is -1.66. The van der Waals surface area contributed by atoms with Gasteiger partial charge in [-0.05, 0) is 48.4 Å². The van der Waals surface area contributed by atoms with Gasteiger partial charge in [0, 0.05) is 11.5 Å². The third-order valence-corrected chi connectivity index (χ3v) is 6.32. The van der Waals surface area contributed by atoms with Crippen LogP contribution in [-0.4, -0.2) is 14.2 Å². The molecule has 0 aromatic heterocycles. The van der Waals surface area contributed by atoms with E-state index in [2.05, 4.69) is 31.2 Å². The molecule has 29 heavy (non-hydrogen) atoms. The number of ether oxygens (including phenoxy) is 2. The first-order valence-electron chi connectivity index (χ1n) is 9.66. The molecule has 6 heteroatoms. The van der Waals surface area contributed by atoms with E-state index in [-0.39, 0.29) is 17.2 Å². The van der Waals surface area contributed by atoms with Crippen LogP contribution in [0.2, 0.25) is 0 Å². The minimum absolute atomic E-state index is 0.0253. The summed E-state index contributed by atoms with van der Waals surface area (Å²) in [6.45, 7) is 2.13. The summed E-state index contributed by atoms with van der Waals surface area (Å²) in [4.78, 5) is 0. The van der Waals surface area contributed by atoms with E-state index in [1.165, 1.54) is 0 Å². The second-order valence-electron chi connectivity index (χ2n) is 7.53. The lowest BCUT2D eigenvalue weighted by Gasteiger charge is -2.45. The SMILES string of the molecule is CC[C@@H]1CC=C2C(C#N)=C(N)C(C#N)(C#N)[C@H](c3cc(OC)ccc3OC)[C@H]2C1. The molecule has 0 bridgehead atoms. The largest absolute Gasteiger partial charge is 0.497 e. The first-order chi connectivity index (χ1) is 14.0. The minimum Gasteiger partial charge on any atom is -0.497 e. The van der Waals surface area contributed by atoms with E-state index in [4.69, 9.17) is 15.2 Å². The Balaban J connectivity index is 2.37. The number of allylic oxidation sites excluding steroid dienone is 4. The fourth-order valence-corrected chi connectivity index (χ4v) is 4.73. The molecule has 3 atom stereocenters. The lowest BCUT2D eigenvalue weighted by molar-refractivity contribution is 0.264. The van der Waals surface area contributed by atoms with E-state index < -0.39 is 11.3 Å². The van der Waals surface area contributed by atoms with Crippen LogP contribution in [0, 0.1) is 51.2 Å². The first-order valence-corrected chi connectivity index (χ1v) is 9.66. The summed E-state index contributed by atoms with van der Waals surface area (Å²) in [7, 11) is 3.12. The van der Waals surface area contributed by atoms with Gasteiger partial charge in [-0.1, -0.05) is 19.4 Å². The van der Waals surface area contributed by atoms with Crippen molar-refractivity contribution < 1.29 is 9.47 Å². The Labute approximate surface area is 171 Å². The normalized spacial score (nSPS) is 25.0. The molecule has 2 N–H and O–H groups in total. The Morgan fingerprint density at radius 1 is 1.17 bits per heavy atom. The number of benzene rings is 1. The number of methoxy groups -OCH3 is 2. The molecular formula is C23H24N4O2. The highest BCUT2D eigenvalue weighted by molar-refractivity contribution is 5.61. The van der Waals surface area contributed by atoms with Crippen molar-refractivity contribution in [2.75, 3.05) is 14.2 Å². The molecule has 0 unspecified atom stereocenters. The summed E-state index contributed by atoms with van der Waals surface area (Å²) in [5.41, 5.74) is 6.52. The monoisotopic (exact) mass is 388 g/mol. The molecule has 0 radical (unpaired) electrons. The van der Waals surface area contributed by atoms with Crippen molar-refractivity contribution in [3.05, 3.63) is 46.7 Å². The quantitative estimate of drug-likeness (QED) is 0.835. The molecule has 0 aliphatic heterocycles. The fourth-order valence-electron chi connectivity index (χ4n) is 4.73. The fraction of sp³-hybridized carbons (Fsp3) is 0.435. The van der Waals surface area contributed by atoms with E-state index >= 15 is 0 Å². The van der Waals surface area contributed by atoms with Crippen LogP contribution in [-0.2, 0) is 0 Å². The zero-order valence-corrected chi connectivity index (χ0v) is 16.9. The Morgan fingerprint density at radius 2 is 1.90 bits per heavy atom. The van der Waals surface area contributed by atoms with Gasteiger partial charge >= 0.3 is 0 Å². The summed E-state index contributed by atoms with van der Waals surface area (Å²) in [5.74, 6) is 0.831. The van der Waals surface area contributed by atoms with Crippen molar-refractivity contribution in [3.63, 3.8) is 0 Å². The van der Waals surface area contributed by atoms with Crippen LogP contribution in [0.25, 0.3) is 0 Å². The molecule has 0 saturated heterocycles. The number of nitriles is 3. The zero-order valence-electron chi connectivity index (χ0n) is 16.9. The standard InChI is InChI=1S/C23H24N4O2/c1-4-14-5-7-16-17(9-14)21(18-10-15(28-2)6-8-20(18)29-3)23(12-25,13-26)22(27)19(16)11-24/h6-8,10,14,17,21H,4-5,9,27H2,1-3H3/t14-,17+,21+/m1/s1. The molecule has 0 saturated carbocycles. The maximum Gasteiger partial charge on any atom is 0.191 e. The lowest BCUT2D eigenvalue weighted by Crippen LogP contribution is -2.43. The van der Waals surface area contributed by atoms with E-state index in [1.807, 2.05) is 6.07 Å². The number of nitrogens with two attached hydrogens (primary N) is 1. The molecule has 0 amide bonds. The molecule has 148 valence electrons. The van der Waals surface area contributed by atoms with Crippen molar-refractivity contribution in [1.29, 1.82) is 15.8 Å². The van der Waals surface area contributed by atoms with E-state index in [1.54, 1.807) is 26.4 Å². The maximum absolute atomic E-state index is 10.2. The molecule has 1 aromatic carbocycles. The Bertz CT molecular complexity index is 989. The Kier molecular flexibility index (Phi) is 5.53. The van der Waals surface area contributed by atoms with Crippen molar-refractivity contribution in [3.8, 4) is 29.7 Å². The van der Waals surface area contributed by atoms with Crippen LogP contribution < -0.4 is 15.2 Å². The predicted octanol–water partition coefficient (Wildman–Crippen LogP) is 3.93. The summed E-state index contributed by atoms with van der Waals surface area (Å²) in [5, 5.41) is 30.1. The van der Waals surface area contributed by atoms with Crippen LogP contribution in [0.5, 0.6) is 11.5 Å². The predicted molar refractivity (Wildman–Crippen MR) is 107 cm³/mol. The van der Waals surface area contributed by atoms with Crippen molar-refractivity contribution in [1.82, 2.24) is 0 Å². The highest BCUT2D eigenvalue weighted by Gasteiger charge is 2.55. The highest BCUT2D eigenvalue weighted by Crippen LogP contribution is 2.58. The van der Waals surface area contributed by atoms with Gasteiger partial charge in [-0.2, -0.15) is 15.8 Å². The van der Waals surface area contributed by atoms with Gasteiger partial charge in [0.15, 0.2) is 5.41 Å². The second kappa shape index (κ2) is 7.90.